The van der Waals surface area contributed by atoms with Gasteiger partial charge in [-0.2, -0.15) is 0 Å². The molecule has 1 aromatic heterocycles. The van der Waals surface area contributed by atoms with Crippen molar-refractivity contribution >= 4 is 51.2 Å². The third-order valence-corrected chi connectivity index (χ3v) is 6.58. The molecule has 1 amide bonds. The first kappa shape index (κ1) is 20.4. The van der Waals surface area contributed by atoms with Crippen LogP contribution < -0.4 is 5.56 Å². The highest BCUT2D eigenvalue weighted by molar-refractivity contribution is 14.1. The number of nitrogens with zero attached hydrogens (tertiary/aromatic N) is 3. The zero-order valence-corrected chi connectivity index (χ0v) is 18.7. The Morgan fingerprint density at radius 1 is 1.10 bits per heavy atom. The topological polar surface area (TPSA) is 64.4 Å². The lowest BCUT2D eigenvalue weighted by Crippen LogP contribution is -2.40. The summed E-state index contributed by atoms with van der Waals surface area (Å²) in [6.45, 7) is 2.48. The zero-order chi connectivity index (χ0) is 20.2. The number of fused-ring (bicyclic) bond motifs is 1. The molecular formula is C21H20IN3O3S. The fourth-order valence-electron chi connectivity index (χ4n) is 3.27. The smallest absolute Gasteiger partial charge is 0.267 e. The van der Waals surface area contributed by atoms with Gasteiger partial charge in [0.25, 0.3) is 5.56 Å². The number of carbonyl (C=O) groups excluding carboxylic acids is 1. The molecule has 2 heterocycles. The molecule has 1 saturated heterocycles. The highest BCUT2D eigenvalue weighted by Crippen LogP contribution is 2.24. The van der Waals surface area contributed by atoms with Crippen molar-refractivity contribution in [3.63, 3.8) is 0 Å². The van der Waals surface area contributed by atoms with Gasteiger partial charge in [-0.3, -0.25) is 14.2 Å². The van der Waals surface area contributed by atoms with Crippen molar-refractivity contribution < 1.29 is 9.53 Å². The van der Waals surface area contributed by atoms with Crippen LogP contribution in [0.15, 0.2) is 58.5 Å². The first-order chi connectivity index (χ1) is 14.1. The van der Waals surface area contributed by atoms with Crippen molar-refractivity contribution in [2.75, 3.05) is 32.1 Å². The van der Waals surface area contributed by atoms with Gasteiger partial charge in [0.15, 0.2) is 5.16 Å². The molecule has 8 heteroatoms. The van der Waals surface area contributed by atoms with Gasteiger partial charge in [0, 0.05) is 28.8 Å². The number of ether oxygens (including phenoxy) is 1. The molecule has 6 nitrogen and oxygen atoms in total. The van der Waals surface area contributed by atoms with Crippen molar-refractivity contribution in [3.05, 3.63) is 62.5 Å². The van der Waals surface area contributed by atoms with Crippen LogP contribution in [0.4, 0.5) is 0 Å². The minimum Gasteiger partial charge on any atom is -0.378 e. The third-order valence-electron chi connectivity index (χ3n) is 4.74. The van der Waals surface area contributed by atoms with Gasteiger partial charge in [-0.1, -0.05) is 36.0 Å². The summed E-state index contributed by atoms with van der Waals surface area (Å²) >= 11 is 3.61. The van der Waals surface area contributed by atoms with Crippen LogP contribution in [0.2, 0.25) is 0 Å². The molecule has 0 spiro atoms. The summed E-state index contributed by atoms with van der Waals surface area (Å²) in [6, 6.07) is 15.2. The lowest BCUT2D eigenvalue weighted by atomic mass is 10.2. The van der Waals surface area contributed by atoms with E-state index in [-0.39, 0.29) is 11.5 Å². The summed E-state index contributed by atoms with van der Waals surface area (Å²) in [5.74, 6) is 0.676. The lowest BCUT2D eigenvalue weighted by molar-refractivity contribution is -0.134. The van der Waals surface area contributed by atoms with Gasteiger partial charge in [0.2, 0.25) is 5.91 Å². The second-order valence-electron chi connectivity index (χ2n) is 6.60. The monoisotopic (exact) mass is 521 g/mol. The number of amides is 1. The van der Waals surface area contributed by atoms with E-state index in [0.29, 0.717) is 54.5 Å². The van der Waals surface area contributed by atoms with Crippen LogP contribution in [-0.4, -0.2) is 52.4 Å². The molecule has 2 aromatic carbocycles. The molecule has 0 saturated carbocycles. The van der Waals surface area contributed by atoms with E-state index in [1.807, 2.05) is 53.4 Å². The molecule has 3 aromatic rings. The number of carbonyl (C=O) groups is 1. The van der Waals surface area contributed by atoms with Crippen LogP contribution >= 0.6 is 34.4 Å². The third kappa shape index (κ3) is 4.49. The van der Waals surface area contributed by atoms with E-state index in [9.17, 15) is 9.59 Å². The molecule has 0 bridgehead atoms. The van der Waals surface area contributed by atoms with Crippen LogP contribution in [0.3, 0.4) is 0 Å². The first-order valence-corrected chi connectivity index (χ1v) is 11.5. The molecule has 1 aliphatic rings. The van der Waals surface area contributed by atoms with Gasteiger partial charge < -0.3 is 9.64 Å². The Hall–Kier alpha value is -1.91. The summed E-state index contributed by atoms with van der Waals surface area (Å²) < 4.78 is 7.83. The Bertz CT molecular complexity index is 1080. The fraction of sp³-hybridized carbons (Fsp3) is 0.286. The molecule has 0 unspecified atom stereocenters. The van der Waals surface area contributed by atoms with E-state index in [4.69, 9.17) is 9.72 Å². The van der Waals surface area contributed by atoms with Crippen LogP contribution in [0.5, 0.6) is 0 Å². The predicted octanol–water partition coefficient (Wildman–Crippen LogP) is 3.33. The number of halogens is 1. The van der Waals surface area contributed by atoms with Crippen molar-refractivity contribution in [1.82, 2.24) is 14.5 Å². The van der Waals surface area contributed by atoms with Gasteiger partial charge in [-0.25, -0.2) is 4.98 Å². The maximum atomic E-state index is 13.3. The number of benzene rings is 2. The number of morpholine rings is 1. The second kappa shape index (κ2) is 9.27. The number of thioether (sulfide) groups is 1. The summed E-state index contributed by atoms with van der Waals surface area (Å²) in [7, 11) is 0. The SMILES string of the molecule is O=C(CCSc1nc2cccc(I)c2c(=O)n1-c1ccccc1)N1CCOCC1. The van der Waals surface area contributed by atoms with E-state index in [1.165, 1.54) is 11.8 Å². The average molecular weight is 521 g/mol. The molecule has 0 N–H and O–H groups in total. The molecule has 1 aliphatic heterocycles. The standard InChI is InChI=1S/C21H20IN3O3S/c22-16-7-4-8-17-19(16)20(27)25(15-5-2-1-3-6-15)21(23-17)29-14-9-18(26)24-10-12-28-13-11-24/h1-8H,9-14H2. The molecular weight excluding hydrogens is 501 g/mol. The maximum absolute atomic E-state index is 13.3. The Balaban J connectivity index is 1.64. The minimum atomic E-state index is -0.0896. The number of hydrogen-bond donors (Lipinski definition) is 0. The van der Waals surface area contributed by atoms with Gasteiger partial charge >= 0.3 is 0 Å². The van der Waals surface area contributed by atoms with Crippen LogP contribution in [-0.2, 0) is 9.53 Å². The summed E-state index contributed by atoms with van der Waals surface area (Å²) in [5, 5.41) is 1.22. The Labute approximate surface area is 186 Å². The number of rotatable bonds is 5. The predicted molar refractivity (Wildman–Crippen MR) is 123 cm³/mol. The highest BCUT2D eigenvalue weighted by atomic mass is 127. The molecule has 4 rings (SSSR count). The molecule has 29 heavy (non-hydrogen) atoms. The van der Waals surface area contributed by atoms with Gasteiger partial charge in [0.1, 0.15) is 0 Å². The molecule has 0 radical (unpaired) electrons. The molecule has 150 valence electrons. The van der Waals surface area contributed by atoms with Crippen LogP contribution in [0, 0.1) is 3.57 Å². The summed E-state index contributed by atoms with van der Waals surface area (Å²) in [6.07, 6.45) is 0.402. The Morgan fingerprint density at radius 2 is 1.86 bits per heavy atom. The number of hydrogen-bond acceptors (Lipinski definition) is 5. The molecule has 1 fully saturated rings. The minimum absolute atomic E-state index is 0.0896. The van der Waals surface area contributed by atoms with Crippen molar-refractivity contribution in [1.29, 1.82) is 0 Å². The molecule has 0 aliphatic carbocycles. The van der Waals surface area contributed by atoms with Crippen LogP contribution in [0.25, 0.3) is 16.6 Å². The normalized spacial score (nSPS) is 14.3. The van der Waals surface area contributed by atoms with E-state index in [2.05, 4.69) is 22.6 Å². The van der Waals surface area contributed by atoms with Crippen molar-refractivity contribution in [2.24, 2.45) is 0 Å². The van der Waals surface area contributed by atoms with Crippen LogP contribution in [0.1, 0.15) is 6.42 Å². The van der Waals surface area contributed by atoms with E-state index in [0.717, 1.165) is 9.26 Å². The maximum Gasteiger partial charge on any atom is 0.267 e. The summed E-state index contributed by atoms with van der Waals surface area (Å²) in [5.41, 5.74) is 1.36. The highest BCUT2D eigenvalue weighted by Gasteiger charge is 2.18. The van der Waals surface area contributed by atoms with E-state index in [1.54, 1.807) is 4.57 Å². The second-order valence-corrected chi connectivity index (χ2v) is 8.82. The summed E-state index contributed by atoms with van der Waals surface area (Å²) in [4.78, 5) is 32.4. The van der Waals surface area contributed by atoms with Gasteiger partial charge in [-0.15, -0.1) is 0 Å². The lowest BCUT2D eigenvalue weighted by Gasteiger charge is -2.26. The average Bonchev–Trinajstić information content (AvgIpc) is 2.75. The van der Waals surface area contributed by atoms with Gasteiger partial charge in [0.05, 0.1) is 29.8 Å². The van der Waals surface area contributed by atoms with Crippen molar-refractivity contribution in [2.45, 2.75) is 11.6 Å². The van der Waals surface area contributed by atoms with Gasteiger partial charge in [-0.05, 0) is 46.9 Å². The fourth-order valence-corrected chi connectivity index (χ4v) is 4.93. The molecule has 0 atom stereocenters. The van der Waals surface area contributed by atoms with E-state index >= 15 is 0 Å². The zero-order valence-electron chi connectivity index (χ0n) is 15.7. The quantitative estimate of drug-likeness (QED) is 0.293. The first-order valence-electron chi connectivity index (χ1n) is 9.40. The largest absolute Gasteiger partial charge is 0.378 e. The Morgan fingerprint density at radius 3 is 2.62 bits per heavy atom. The number of aromatic nitrogens is 2. The Kier molecular flexibility index (Phi) is 6.51. The van der Waals surface area contributed by atoms with Crippen molar-refractivity contribution in [3.8, 4) is 5.69 Å². The van der Waals surface area contributed by atoms with E-state index < -0.39 is 0 Å². The number of para-hydroxylation sites is 1.